The summed E-state index contributed by atoms with van der Waals surface area (Å²) in [6.07, 6.45) is 0. The van der Waals surface area contributed by atoms with Crippen molar-refractivity contribution in [2.45, 2.75) is 0 Å². The van der Waals surface area contributed by atoms with Gasteiger partial charge in [-0.3, -0.25) is 4.57 Å². The molecule has 0 fully saturated rings. The lowest BCUT2D eigenvalue weighted by Gasteiger charge is -2.23. The van der Waals surface area contributed by atoms with Gasteiger partial charge in [-0.05, 0) is 48.0 Å². The fraction of sp³-hybridized carbons (Fsp3) is 0. The van der Waals surface area contributed by atoms with Gasteiger partial charge in [-0.25, -0.2) is 4.98 Å². The van der Waals surface area contributed by atoms with Gasteiger partial charge < -0.3 is 9.30 Å². The molecule has 8 aromatic rings. The third-order valence-electron chi connectivity index (χ3n) is 8.14. The van der Waals surface area contributed by atoms with Gasteiger partial charge in [0.1, 0.15) is 11.3 Å². The Balaban J connectivity index is 1.21. The molecule has 0 saturated heterocycles. The lowest BCUT2D eigenvalue weighted by molar-refractivity contribution is 0.477. The number of hydrogen-bond acceptors (Lipinski definition) is 2. The average Bonchev–Trinajstić information content (AvgIpc) is 3.59. The first-order valence-electron chi connectivity index (χ1n) is 13.8. The number of imidazole rings is 1. The van der Waals surface area contributed by atoms with Gasteiger partial charge in [-0.15, -0.1) is 0 Å². The van der Waals surface area contributed by atoms with Crippen molar-refractivity contribution >= 4 is 32.8 Å². The largest absolute Gasteiger partial charge is 0.452 e. The molecule has 0 radical (unpaired) electrons. The zero-order valence-electron chi connectivity index (χ0n) is 22.0. The first-order chi connectivity index (χ1) is 20.3. The second-order valence-corrected chi connectivity index (χ2v) is 10.4. The Morgan fingerprint density at radius 3 is 1.95 bits per heavy atom. The summed E-state index contributed by atoms with van der Waals surface area (Å²) in [4.78, 5) is 5.03. The van der Waals surface area contributed by atoms with E-state index in [1.807, 2.05) is 24.3 Å². The molecule has 2 aromatic heterocycles. The Kier molecular flexibility index (Phi) is 4.58. The Morgan fingerprint density at radius 2 is 1.20 bits per heavy atom. The van der Waals surface area contributed by atoms with Crippen LogP contribution in [0.25, 0.3) is 66.7 Å². The molecule has 6 aromatic carbocycles. The normalized spacial score (nSPS) is 12.1. The Hall–Kier alpha value is -5.61. The molecule has 4 heteroatoms. The molecule has 41 heavy (non-hydrogen) atoms. The number of nitrogens with zero attached hydrogens (tertiary/aromatic N) is 3. The summed E-state index contributed by atoms with van der Waals surface area (Å²) in [6.45, 7) is 0. The van der Waals surface area contributed by atoms with Crippen molar-refractivity contribution in [3.8, 4) is 45.4 Å². The number of ether oxygens (including phenoxy) is 1. The second-order valence-electron chi connectivity index (χ2n) is 10.4. The van der Waals surface area contributed by atoms with Crippen molar-refractivity contribution in [2.75, 3.05) is 0 Å². The van der Waals surface area contributed by atoms with E-state index in [9.17, 15) is 0 Å². The number of benzene rings is 6. The number of aromatic nitrogens is 3. The maximum atomic E-state index is 6.64. The molecule has 0 N–H and O–H groups in total. The molecule has 0 spiro atoms. The van der Waals surface area contributed by atoms with Crippen molar-refractivity contribution < 1.29 is 4.74 Å². The van der Waals surface area contributed by atoms with E-state index >= 15 is 0 Å². The molecule has 4 nitrogen and oxygen atoms in total. The standard InChI is InChI=1S/C37H23N3O/c1-2-10-25(11-3-1)37-38-30-15-9-19-34-35(30)40(37)33-18-8-14-27(36(33)41-34)24-20-22-26(23-21-24)39-31-16-6-4-12-28(31)29-13-5-7-17-32(29)39/h1-23H. The van der Waals surface area contributed by atoms with Crippen LogP contribution in [-0.2, 0) is 0 Å². The minimum Gasteiger partial charge on any atom is -0.452 e. The summed E-state index contributed by atoms with van der Waals surface area (Å²) >= 11 is 0. The van der Waals surface area contributed by atoms with Crippen molar-refractivity contribution in [1.29, 1.82) is 0 Å². The molecule has 9 rings (SSSR count). The Bertz CT molecular complexity index is 2220. The van der Waals surface area contributed by atoms with Gasteiger partial charge in [0.25, 0.3) is 0 Å². The van der Waals surface area contributed by atoms with Crippen molar-refractivity contribution in [3.05, 3.63) is 140 Å². The van der Waals surface area contributed by atoms with Crippen LogP contribution >= 0.6 is 0 Å². The van der Waals surface area contributed by atoms with Gasteiger partial charge in [0.2, 0.25) is 0 Å². The van der Waals surface area contributed by atoms with E-state index < -0.39 is 0 Å². The van der Waals surface area contributed by atoms with E-state index in [0.717, 1.165) is 56.4 Å². The minimum absolute atomic E-state index is 0.819. The van der Waals surface area contributed by atoms with Gasteiger partial charge in [-0.1, -0.05) is 97.1 Å². The monoisotopic (exact) mass is 525 g/mol. The Morgan fingerprint density at radius 1 is 0.512 bits per heavy atom. The molecule has 0 bridgehead atoms. The summed E-state index contributed by atoms with van der Waals surface area (Å²) in [5.74, 6) is 2.57. The van der Waals surface area contributed by atoms with Crippen LogP contribution < -0.4 is 4.74 Å². The molecule has 0 saturated carbocycles. The highest BCUT2D eigenvalue weighted by Gasteiger charge is 2.27. The number of hydrogen-bond donors (Lipinski definition) is 0. The van der Waals surface area contributed by atoms with E-state index in [4.69, 9.17) is 9.72 Å². The van der Waals surface area contributed by atoms with Gasteiger partial charge in [0.15, 0.2) is 11.5 Å². The molecular formula is C37H23N3O. The van der Waals surface area contributed by atoms with Gasteiger partial charge in [-0.2, -0.15) is 0 Å². The van der Waals surface area contributed by atoms with Crippen LogP contribution in [0.1, 0.15) is 0 Å². The topological polar surface area (TPSA) is 32.0 Å². The molecule has 3 heterocycles. The highest BCUT2D eigenvalue weighted by atomic mass is 16.5. The van der Waals surface area contributed by atoms with Crippen molar-refractivity contribution in [3.63, 3.8) is 0 Å². The number of fused-ring (bicyclic) bond motifs is 5. The summed E-state index contributed by atoms with van der Waals surface area (Å²) in [7, 11) is 0. The molecule has 192 valence electrons. The van der Waals surface area contributed by atoms with Crippen LogP contribution in [0, 0.1) is 0 Å². The van der Waals surface area contributed by atoms with E-state index in [0.29, 0.717) is 0 Å². The minimum atomic E-state index is 0.819. The molecular weight excluding hydrogens is 502 g/mol. The molecule has 1 aliphatic rings. The third kappa shape index (κ3) is 3.19. The van der Waals surface area contributed by atoms with Crippen LogP contribution in [0.4, 0.5) is 0 Å². The number of rotatable bonds is 3. The fourth-order valence-electron chi connectivity index (χ4n) is 6.33. The van der Waals surface area contributed by atoms with Gasteiger partial charge in [0.05, 0.1) is 22.2 Å². The van der Waals surface area contributed by atoms with Crippen molar-refractivity contribution in [2.24, 2.45) is 0 Å². The molecule has 1 aliphatic heterocycles. The van der Waals surface area contributed by atoms with Crippen LogP contribution in [-0.4, -0.2) is 14.1 Å². The molecule has 0 amide bonds. The zero-order valence-corrected chi connectivity index (χ0v) is 22.0. The highest BCUT2D eigenvalue weighted by Crippen LogP contribution is 2.47. The summed E-state index contributed by atoms with van der Waals surface area (Å²) in [5.41, 5.74) is 9.68. The molecule has 0 atom stereocenters. The maximum Gasteiger partial charge on any atom is 0.159 e. The molecule has 0 aliphatic carbocycles. The van der Waals surface area contributed by atoms with Crippen LogP contribution in [0.15, 0.2) is 140 Å². The van der Waals surface area contributed by atoms with Gasteiger partial charge >= 0.3 is 0 Å². The fourth-order valence-corrected chi connectivity index (χ4v) is 6.33. The predicted octanol–water partition coefficient (Wildman–Crippen LogP) is 9.56. The molecule has 0 unspecified atom stereocenters. The lowest BCUT2D eigenvalue weighted by atomic mass is 10.0. The second kappa shape index (κ2) is 8.44. The highest BCUT2D eigenvalue weighted by molar-refractivity contribution is 6.09. The van der Waals surface area contributed by atoms with E-state index in [2.05, 4.69) is 124 Å². The van der Waals surface area contributed by atoms with Gasteiger partial charge in [0, 0.05) is 27.6 Å². The summed E-state index contributed by atoms with van der Waals surface area (Å²) in [5, 5.41) is 2.52. The lowest BCUT2D eigenvalue weighted by Crippen LogP contribution is -2.06. The third-order valence-corrected chi connectivity index (χ3v) is 8.14. The maximum absolute atomic E-state index is 6.64. The van der Waals surface area contributed by atoms with Crippen LogP contribution in [0.3, 0.4) is 0 Å². The first-order valence-corrected chi connectivity index (χ1v) is 13.8. The van der Waals surface area contributed by atoms with E-state index in [1.165, 1.54) is 21.8 Å². The predicted molar refractivity (Wildman–Crippen MR) is 166 cm³/mol. The van der Waals surface area contributed by atoms with Crippen molar-refractivity contribution in [1.82, 2.24) is 14.1 Å². The Labute approximate surface area is 236 Å². The van der Waals surface area contributed by atoms with Crippen LogP contribution in [0.2, 0.25) is 0 Å². The average molecular weight is 526 g/mol. The van der Waals surface area contributed by atoms with E-state index in [-0.39, 0.29) is 0 Å². The van der Waals surface area contributed by atoms with E-state index in [1.54, 1.807) is 0 Å². The summed E-state index contributed by atoms with van der Waals surface area (Å²) in [6, 6.07) is 48.8. The zero-order chi connectivity index (χ0) is 26.9. The van der Waals surface area contributed by atoms with Crippen LogP contribution in [0.5, 0.6) is 11.5 Å². The SMILES string of the molecule is c1ccc(-c2nc3cccc4c3n2-c2cccc(-c3ccc(-n5c6ccccc6c6ccccc65)cc3)c2O4)cc1. The quantitative estimate of drug-likeness (QED) is 0.230. The summed E-state index contributed by atoms with van der Waals surface area (Å²) < 4.78 is 11.2. The smallest absolute Gasteiger partial charge is 0.159 e. The first kappa shape index (κ1) is 22.2. The number of para-hydroxylation sites is 4.